The number of carbonyl (C=O) groups is 2. The molecule has 2 aromatic carbocycles. The lowest BCUT2D eigenvalue weighted by Crippen LogP contribution is -2.34. The van der Waals surface area contributed by atoms with E-state index in [2.05, 4.69) is 15.6 Å². The quantitative estimate of drug-likeness (QED) is 0.665. The van der Waals surface area contributed by atoms with Crippen LogP contribution in [0.2, 0.25) is 5.02 Å². The van der Waals surface area contributed by atoms with Gasteiger partial charge in [-0.2, -0.15) is 0 Å². The van der Waals surface area contributed by atoms with E-state index in [-0.39, 0.29) is 18.2 Å². The number of hydrogen-bond donors (Lipinski definition) is 2. The van der Waals surface area contributed by atoms with Crippen LogP contribution in [0.15, 0.2) is 47.8 Å². The molecule has 0 spiro atoms. The molecule has 0 saturated carbocycles. The van der Waals surface area contributed by atoms with Crippen LogP contribution < -0.4 is 15.4 Å². The van der Waals surface area contributed by atoms with Crippen LogP contribution in [0.1, 0.15) is 12.6 Å². The molecule has 28 heavy (non-hydrogen) atoms. The lowest BCUT2D eigenvalue weighted by molar-refractivity contribution is -0.122. The minimum absolute atomic E-state index is 0.137. The number of benzene rings is 2. The highest BCUT2D eigenvalue weighted by molar-refractivity contribution is 7.13. The van der Waals surface area contributed by atoms with Gasteiger partial charge in [0.15, 0.2) is 6.10 Å². The molecule has 8 heteroatoms. The second-order valence-electron chi connectivity index (χ2n) is 6.31. The number of anilines is 2. The third kappa shape index (κ3) is 3.85. The van der Waals surface area contributed by atoms with Gasteiger partial charge in [0.1, 0.15) is 10.8 Å². The van der Waals surface area contributed by atoms with E-state index < -0.39 is 6.10 Å². The second-order valence-corrected chi connectivity index (χ2v) is 7.57. The predicted molar refractivity (Wildman–Crippen MR) is 110 cm³/mol. The van der Waals surface area contributed by atoms with Crippen molar-refractivity contribution in [2.75, 3.05) is 10.6 Å². The highest BCUT2D eigenvalue weighted by Gasteiger charge is 2.23. The molecule has 0 fully saturated rings. The lowest BCUT2D eigenvalue weighted by Gasteiger charge is -2.23. The zero-order valence-corrected chi connectivity index (χ0v) is 16.4. The number of rotatable bonds is 4. The Morgan fingerprint density at radius 2 is 2.14 bits per heavy atom. The van der Waals surface area contributed by atoms with Crippen molar-refractivity contribution in [1.29, 1.82) is 0 Å². The number of nitrogens with zero attached hydrogens (tertiary/aromatic N) is 1. The molecular weight excluding hydrogens is 398 g/mol. The van der Waals surface area contributed by atoms with E-state index in [0.29, 0.717) is 27.8 Å². The van der Waals surface area contributed by atoms with Gasteiger partial charge in [0.25, 0.3) is 5.91 Å². The van der Waals surface area contributed by atoms with Crippen LogP contribution in [0.3, 0.4) is 0 Å². The Morgan fingerprint density at radius 3 is 2.96 bits per heavy atom. The SMILES string of the molecule is C[C@@H]1Oc2ccc(NC(=O)Cc3csc(-c4ccccc4Cl)n3)cc2NC1=O. The number of halogens is 1. The van der Waals surface area contributed by atoms with E-state index in [4.69, 9.17) is 16.3 Å². The first kappa shape index (κ1) is 18.5. The fourth-order valence-electron chi connectivity index (χ4n) is 2.80. The number of nitrogens with one attached hydrogen (secondary N) is 2. The Morgan fingerprint density at radius 1 is 1.32 bits per heavy atom. The predicted octanol–water partition coefficient (Wildman–Crippen LogP) is 4.36. The summed E-state index contributed by atoms with van der Waals surface area (Å²) in [6.45, 7) is 1.68. The van der Waals surface area contributed by atoms with E-state index in [1.807, 2.05) is 29.6 Å². The Kier molecular flexibility index (Phi) is 5.02. The first-order valence-corrected chi connectivity index (χ1v) is 9.86. The molecule has 0 aliphatic carbocycles. The summed E-state index contributed by atoms with van der Waals surface area (Å²) in [5, 5.41) is 8.83. The van der Waals surface area contributed by atoms with Crippen molar-refractivity contribution in [2.24, 2.45) is 0 Å². The molecule has 1 atom stereocenters. The first-order chi connectivity index (χ1) is 13.5. The molecule has 142 valence electrons. The number of aromatic nitrogens is 1. The van der Waals surface area contributed by atoms with Gasteiger partial charge in [-0.15, -0.1) is 11.3 Å². The van der Waals surface area contributed by atoms with Crippen LogP contribution in [0.25, 0.3) is 10.6 Å². The Bertz CT molecular complexity index is 1070. The van der Waals surface area contributed by atoms with Crippen LogP contribution in [-0.2, 0) is 16.0 Å². The summed E-state index contributed by atoms with van der Waals surface area (Å²) in [6.07, 6.45) is -0.400. The summed E-state index contributed by atoms with van der Waals surface area (Å²) in [6, 6.07) is 12.6. The minimum atomic E-state index is -0.537. The summed E-state index contributed by atoms with van der Waals surface area (Å²) in [5.74, 6) is 0.159. The number of amides is 2. The van der Waals surface area contributed by atoms with Gasteiger partial charge in [0.05, 0.1) is 22.8 Å². The summed E-state index contributed by atoms with van der Waals surface area (Å²) in [4.78, 5) is 28.6. The molecular formula is C20H16ClN3O3S. The average molecular weight is 414 g/mol. The maximum Gasteiger partial charge on any atom is 0.265 e. The summed E-state index contributed by atoms with van der Waals surface area (Å²) in [5.41, 5.74) is 2.63. The van der Waals surface area contributed by atoms with Crippen molar-refractivity contribution in [2.45, 2.75) is 19.4 Å². The first-order valence-electron chi connectivity index (χ1n) is 8.60. The highest BCUT2D eigenvalue weighted by Crippen LogP contribution is 2.32. The van der Waals surface area contributed by atoms with Crippen molar-refractivity contribution < 1.29 is 14.3 Å². The topological polar surface area (TPSA) is 80.3 Å². The summed E-state index contributed by atoms with van der Waals surface area (Å²) < 4.78 is 5.51. The molecule has 2 amide bonds. The highest BCUT2D eigenvalue weighted by atomic mass is 35.5. The fourth-order valence-corrected chi connectivity index (χ4v) is 3.94. The maximum absolute atomic E-state index is 12.4. The van der Waals surface area contributed by atoms with Crippen molar-refractivity contribution in [3.8, 4) is 16.3 Å². The number of thiazole rings is 1. The van der Waals surface area contributed by atoms with Gasteiger partial charge in [0, 0.05) is 16.6 Å². The Labute approximate surface area is 170 Å². The minimum Gasteiger partial charge on any atom is -0.479 e. The van der Waals surface area contributed by atoms with Gasteiger partial charge in [-0.25, -0.2) is 4.98 Å². The van der Waals surface area contributed by atoms with Crippen molar-refractivity contribution in [3.05, 3.63) is 58.6 Å². The van der Waals surface area contributed by atoms with Gasteiger partial charge in [-0.05, 0) is 31.2 Å². The van der Waals surface area contributed by atoms with Crippen LogP contribution in [0.5, 0.6) is 5.75 Å². The number of hydrogen-bond acceptors (Lipinski definition) is 5. The van der Waals surface area contributed by atoms with Gasteiger partial charge >= 0.3 is 0 Å². The van der Waals surface area contributed by atoms with Crippen LogP contribution in [0, 0.1) is 0 Å². The molecule has 3 aromatic rings. The molecule has 0 radical (unpaired) electrons. The lowest BCUT2D eigenvalue weighted by atomic mass is 10.2. The second kappa shape index (κ2) is 7.61. The normalized spacial score (nSPS) is 15.4. The standard InChI is InChI=1S/C20H16ClN3O3S/c1-11-19(26)24-16-8-12(6-7-17(16)27-11)22-18(25)9-13-10-28-20(23-13)14-4-2-3-5-15(14)21/h2-8,10-11H,9H2,1H3,(H,22,25)(H,24,26)/t11-/m0/s1. The monoisotopic (exact) mass is 413 g/mol. The van der Waals surface area contributed by atoms with Crippen LogP contribution in [0.4, 0.5) is 11.4 Å². The Balaban J connectivity index is 1.44. The molecule has 2 heterocycles. The molecule has 0 unspecified atom stereocenters. The smallest absolute Gasteiger partial charge is 0.265 e. The fraction of sp³-hybridized carbons (Fsp3) is 0.150. The molecule has 6 nitrogen and oxygen atoms in total. The van der Waals surface area contributed by atoms with Gasteiger partial charge in [-0.1, -0.05) is 29.8 Å². The number of carbonyl (C=O) groups excluding carboxylic acids is 2. The zero-order valence-electron chi connectivity index (χ0n) is 14.9. The van der Waals surface area contributed by atoms with Gasteiger partial charge in [-0.3, -0.25) is 9.59 Å². The molecule has 0 bridgehead atoms. The molecule has 0 saturated heterocycles. The van der Waals surface area contributed by atoms with Crippen molar-refractivity contribution >= 4 is 46.1 Å². The van der Waals surface area contributed by atoms with Crippen LogP contribution >= 0.6 is 22.9 Å². The average Bonchev–Trinajstić information content (AvgIpc) is 3.11. The van der Waals surface area contributed by atoms with Gasteiger partial charge in [0.2, 0.25) is 5.91 Å². The largest absolute Gasteiger partial charge is 0.479 e. The molecule has 2 N–H and O–H groups in total. The molecule has 1 aliphatic heterocycles. The molecule has 1 aromatic heterocycles. The third-order valence-corrected chi connectivity index (χ3v) is 5.45. The number of ether oxygens (including phenoxy) is 1. The van der Waals surface area contributed by atoms with E-state index in [1.165, 1.54) is 11.3 Å². The van der Waals surface area contributed by atoms with E-state index in [0.717, 1.165) is 10.6 Å². The molecule has 1 aliphatic rings. The maximum atomic E-state index is 12.4. The molecule has 4 rings (SSSR count). The number of fused-ring (bicyclic) bond motifs is 1. The van der Waals surface area contributed by atoms with E-state index in [1.54, 1.807) is 25.1 Å². The third-order valence-electron chi connectivity index (χ3n) is 4.19. The van der Waals surface area contributed by atoms with E-state index >= 15 is 0 Å². The summed E-state index contributed by atoms with van der Waals surface area (Å²) >= 11 is 7.65. The van der Waals surface area contributed by atoms with Crippen molar-refractivity contribution in [3.63, 3.8) is 0 Å². The zero-order chi connectivity index (χ0) is 19.7. The van der Waals surface area contributed by atoms with Crippen LogP contribution in [-0.4, -0.2) is 22.9 Å². The van der Waals surface area contributed by atoms with Gasteiger partial charge < -0.3 is 15.4 Å². The Hall–Kier alpha value is -2.90. The van der Waals surface area contributed by atoms with Crippen molar-refractivity contribution in [1.82, 2.24) is 4.98 Å². The summed E-state index contributed by atoms with van der Waals surface area (Å²) in [7, 11) is 0. The van der Waals surface area contributed by atoms with E-state index in [9.17, 15) is 9.59 Å².